The summed E-state index contributed by atoms with van der Waals surface area (Å²) in [6, 6.07) is 0.277. The highest BCUT2D eigenvalue weighted by atomic mass is 32.2. The summed E-state index contributed by atoms with van der Waals surface area (Å²) in [5, 5.41) is 1.40. The third-order valence-corrected chi connectivity index (χ3v) is 5.56. The Hall–Kier alpha value is -0.160. The summed E-state index contributed by atoms with van der Waals surface area (Å²) in [4.78, 5) is 19.0. The number of carbonyl (C=O) groups excluding carboxylic acids is 1. The summed E-state index contributed by atoms with van der Waals surface area (Å²) in [5.41, 5.74) is 0. The van der Waals surface area contributed by atoms with E-state index in [0.29, 0.717) is 11.2 Å². The number of nitrogens with zero attached hydrogens (tertiary/aromatic N) is 2. The van der Waals surface area contributed by atoms with Gasteiger partial charge in [-0.2, -0.15) is 12.6 Å². The van der Waals surface area contributed by atoms with E-state index in [1.807, 2.05) is 4.90 Å². The molecule has 1 saturated carbocycles. The predicted octanol–water partition coefficient (Wildman–Crippen LogP) is 1.79. The topological polar surface area (TPSA) is 32.7 Å². The van der Waals surface area contributed by atoms with Crippen LogP contribution in [0.4, 0.5) is 0 Å². The molecule has 16 heavy (non-hydrogen) atoms. The number of amidine groups is 1. The van der Waals surface area contributed by atoms with E-state index in [1.54, 1.807) is 11.8 Å². The molecule has 0 N–H and O–H groups in total. The van der Waals surface area contributed by atoms with Gasteiger partial charge in [0.05, 0.1) is 12.0 Å². The SMILES string of the molecule is O=C1C2CCCC[C@@H]2N=C2S[C@@H](CS)CN12. The number of carbonyl (C=O) groups is 1. The largest absolute Gasteiger partial charge is 0.290 e. The first-order valence-corrected chi connectivity index (χ1v) is 7.47. The molecular formula is C11H16N2OS2. The average Bonchev–Trinajstić information content (AvgIpc) is 2.73. The van der Waals surface area contributed by atoms with E-state index in [2.05, 4.69) is 12.6 Å². The van der Waals surface area contributed by atoms with Crippen LogP contribution in [0.1, 0.15) is 25.7 Å². The minimum Gasteiger partial charge on any atom is -0.290 e. The van der Waals surface area contributed by atoms with Crippen molar-refractivity contribution in [1.29, 1.82) is 0 Å². The Morgan fingerprint density at radius 2 is 2.25 bits per heavy atom. The van der Waals surface area contributed by atoms with E-state index in [1.165, 1.54) is 12.8 Å². The number of hydrogen-bond donors (Lipinski definition) is 1. The average molecular weight is 256 g/mol. The third kappa shape index (κ3) is 1.68. The van der Waals surface area contributed by atoms with Gasteiger partial charge in [-0.15, -0.1) is 0 Å². The minimum absolute atomic E-state index is 0.178. The van der Waals surface area contributed by atoms with Gasteiger partial charge in [0.25, 0.3) is 0 Å². The maximum absolute atomic E-state index is 12.3. The summed E-state index contributed by atoms with van der Waals surface area (Å²) in [6.45, 7) is 0.815. The second-order valence-corrected chi connectivity index (χ2v) is 6.37. The molecule has 3 rings (SSSR count). The zero-order valence-electron chi connectivity index (χ0n) is 9.13. The minimum atomic E-state index is 0.178. The van der Waals surface area contributed by atoms with Gasteiger partial charge in [0.1, 0.15) is 0 Å². The molecule has 2 heterocycles. The highest BCUT2D eigenvalue weighted by Gasteiger charge is 2.43. The quantitative estimate of drug-likeness (QED) is 0.726. The van der Waals surface area contributed by atoms with Crippen molar-refractivity contribution in [2.75, 3.05) is 12.3 Å². The first-order chi connectivity index (χ1) is 7.79. The first-order valence-electron chi connectivity index (χ1n) is 5.96. The van der Waals surface area contributed by atoms with Crippen LogP contribution in [-0.2, 0) is 4.79 Å². The maximum atomic E-state index is 12.3. The highest BCUT2D eigenvalue weighted by Crippen LogP contribution is 2.38. The van der Waals surface area contributed by atoms with Crippen LogP contribution in [0.5, 0.6) is 0 Å². The molecule has 0 aromatic heterocycles. The van der Waals surface area contributed by atoms with Gasteiger partial charge in [-0.05, 0) is 12.8 Å². The number of fused-ring (bicyclic) bond motifs is 2. The third-order valence-electron chi connectivity index (χ3n) is 3.68. The van der Waals surface area contributed by atoms with Gasteiger partial charge >= 0.3 is 0 Å². The molecule has 5 heteroatoms. The highest BCUT2D eigenvalue weighted by molar-refractivity contribution is 8.15. The molecule has 88 valence electrons. The molecule has 0 bridgehead atoms. The summed E-state index contributed by atoms with van der Waals surface area (Å²) in [7, 11) is 0. The lowest BCUT2D eigenvalue weighted by molar-refractivity contribution is -0.133. The lowest BCUT2D eigenvalue weighted by Gasteiger charge is -2.35. The van der Waals surface area contributed by atoms with E-state index in [-0.39, 0.29) is 12.0 Å². The zero-order valence-corrected chi connectivity index (χ0v) is 10.8. The van der Waals surface area contributed by atoms with E-state index in [4.69, 9.17) is 4.99 Å². The van der Waals surface area contributed by atoms with Crippen LogP contribution in [0.25, 0.3) is 0 Å². The molecule has 1 aliphatic carbocycles. The van der Waals surface area contributed by atoms with E-state index in [9.17, 15) is 4.79 Å². The van der Waals surface area contributed by atoms with Gasteiger partial charge in [0.2, 0.25) is 5.91 Å². The van der Waals surface area contributed by atoms with Gasteiger partial charge in [-0.3, -0.25) is 14.7 Å². The maximum Gasteiger partial charge on any atom is 0.233 e. The van der Waals surface area contributed by atoms with Crippen molar-refractivity contribution < 1.29 is 4.79 Å². The van der Waals surface area contributed by atoms with Crippen LogP contribution in [0.3, 0.4) is 0 Å². The normalized spacial score (nSPS) is 38.1. The van der Waals surface area contributed by atoms with Crippen molar-refractivity contribution in [3.63, 3.8) is 0 Å². The summed E-state index contributed by atoms with van der Waals surface area (Å²) in [5.74, 6) is 1.33. The summed E-state index contributed by atoms with van der Waals surface area (Å²) >= 11 is 6.05. The number of thioether (sulfide) groups is 1. The number of hydrogen-bond acceptors (Lipinski definition) is 4. The van der Waals surface area contributed by atoms with Gasteiger partial charge in [0, 0.05) is 17.5 Å². The number of thiol groups is 1. The first kappa shape index (κ1) is 11.0. The molecule has 0 spiro atoms. The Balaban J connectivity index is 1.86. The second kappa shape index (κ2) is 4.26. The van der Waals surface area contributed by atoms with E-state index >= 15 is 0 Å². The van der Waals surface area contributed by atoms with Crippen molar-refractivity contribution in [2.45, 2.75) is 37.0 Å². The molecule has 3 nitrogen and oxygen atoms in total. The molecule has 2 aliphatic heterocycles. The Bertz CT molecular complexity index is 345. The molecule has 0 radical (unpaired) electrons. The van der Waals surface area contributed by atoms with Crippen LogP contribution < -0.4 is 0 Å². The summed E-state index contributed by atoms with van der Waals surface area (Å²) < 4.78 is 0. The Kier molecular flexibility index (Phi) is 2.92. The number of rotatable bonds is 1. The van der Waals surface area contributed by atoms with E-state index < -0.39 is 0 Å². The molecule has 0 aromatic carbocycles. The standard InChI is InChI=1S/C11H16N2OS2/c14-10-8-3-1-2-4-9(8)12-11-13(10)5-7(6-15)16-11/h7-9,15H,1-6H2/t7-,8?,9+/m1/s1. The van der Waals surface area contributed by atoms with Gasteiger partial charge < -0.3 is 0 Å². The van der Waals surface area contributed by atoms with Crippen molar-refractivity contribution >= 4 is 35.5 Å². The molecular weight excluding hydrogens is 240 g/mol. The Labute approximate surface area is 105 Å². The van der Waals surface area contributed by atoms with Crippen LogP contribution in [0.2, 0.25) is 0 Å². The molecule has 3 aliphatic rings. The predicted molar refractivity (Wildman–Crippen MR) is 70.1 cm³/mol. The van der Waals surface area contributed by atoms with Crippen molar-refractivity contribution in [1.82, 2.24) is 4.90 Å². The molecule has 3 atom stereocenters. The molecule has 1 amide bonds. The smallest absolute Gasteiger partial charge is 0.233 e. The monoisotopic (exact) mass is 256 g/mol. The summed E-state index contributed by atoms with van der Waals surface area (Å²) in [6.07, 6.45) is 4.55. The number of aliphatic imine (C=N–C) groups is 1. The van der Waals surface area contributed by atoms with Crippen LogP contribution in [0, 0.1) is 5.92 Å². The molecule has 1 saturated heterocycles. The zero-order chi connectivity index (χ0) is 11.1. The molecule has 2 fully saturated rings. The van der Waals surface area contributed by atoms with Crippen molar-refractivity contribution in [2.24, 2.45) is 10.9 Å². The fraction of sp³-hybridized carbons (Fsp3) is 0.818. The number of amides is 1. The Morgan fingerprint density at radius 3 is 3.06 bits per heavy atom. The fourth-order valence-electron chi connectivity index (χ4n) is 2.81. The Morgan fingerprint density at radius 1 is 1.44 bits per heavy atom. The lowest BCUT2D eigenvalue weighted by Crippen LogP contribution is -2.47. The molecule has 1 unspecified atom stereocenters. The van der Waals surface area contributed by atoms with Crippen molar-refractivity contribution in [3.05, 3.63) is 0 Å². The van der Waals surface area contributed by atoms with Gasteiger partial charge in [0.15, 0.2) is 5.17 Å². The second-order valence-electron chi connectivity index (χ2n) is 4.74. The van der Waals surface area contributed by atoms with Gasteiger partial charge in [-0.1, -0.05) is 24.6 Å². The lowest BCUT2D eigenvalue weighted by atomic mass is 9.83. The van der Waals surface area contributed by atoms with Crippen molar-refractivity contribution in [3.8, 4) is 0 Å². The molecule has 0 aromatic rings. The van der Waals surface area contributed by atoms with Crippen LogP contribution >= 0.6 is 24.4 Å². The van der Waals surface area contributed by atoms with Gasteiger partial charge in [-0.25, -0.2) is 0 Å². The van der Waals surface area contributed by atoms with E-state index in [0.717, 1.165) is 30.3 Å². The van der Waals surface area contributed by atoms with Crippen LogP contribution in [0.15, 0.2) is 4.99 Å². The van der Waals surface area contributed by atoms with Crippen LogP contribution in [-0.4, -0.2) is 39.6 Å². The fourth-order valence-corrected chi connectivity index (χ4v) is 4.23.